The second-order valence-electron chi connectivity index (χ2n) is 10.1. The minimum absolute atomic E-state index is 0.162. The number of aliphatic hydroxyl groups is 2. The van der Waals surface area contributed by atoms with E-state index in [1.54, 1.807) is 12.3 Å². The summed E-state index contributed by atoms with van der Waals surface area (Å²) < 4.78 is 16.6. The Kier molecular flexibility index (Phi) is 4.86. The van der Waals surface area contributed by atoms with Crippen LogP contribution in [0.5, 0.6) is 0 Å². The zero-order chi connectivity index (χ0) is 22.1. The lowest BCUT2D eigenvalue weighted by atomic mass is 9.40. The molecule has 0 saturated heterocycles. The number of fused-ring (bicyclic) bond motifs is 4. The minimum Gasteiger partial charge on any atom is -0.469 e. The first-order chi connectivity index (χ1) is 14.0. The van der Waals surface area contributed by atoms with Gasteiger partial charge in [-0.25, -0.2) is 0 Å². The topological polar surface area (TPSA) is 106 Å². The molecule has 30 heavy (non-hydrogen) atoms. The average Bonchev–Trinajstić information content (AvgIpc) is 3.14. The summed E-state index contributed by atoms with van der Waals surface area (Å²) in [5, 5.41) is 23.4. The molecule has 0 amide bonds. The fourth-order valence-electron chi connectivity index (χ4n) is 6.89. The van der Waals surface area contributed by atoms with E-state index in [4.69, 9.17) is 13.9 Å². The van der Waals surface area contributed by atoms with E-state index in [1.807, 2.05) is 20.8 Å². The number of rotatable bonds is 2. The molecule has 0 spiro atoms. The Morgan fingerprint density at radius 2 is 1.97 bits per heavy atom. The van der Waals surface area contributed by atoms with Crippen molar-refractivity contribution in [3.63, 3.8) is 0 Å². The molecule has 3 aliphatic rings. The molecular weight excluding hydrogens is 388 g/mol. The number of hydrogen-bond donors (Lipinski definition) is 2. The Bertz CT molecular complexity index is 857. The van der Waals surface area contributed by atoms with Gasteiger partial charge < -0.3 is 24.1 Å². The van der Waals surface area contributed by atoms with Crippen LogP contribution >= 0.6 is 0 Å². The average molecular weight is 421 g/mol. The Morgan fingerprint density at radius 3 is 2.60 bits per heavy atom. The lowest BCUT2D eigenvalue weighted by molar-refractivity contribution is -0.296. The number of methoxy groups -OCH3 is 1. The van der Waals surface area contributed by atoms with Crippen molar-refractivity contribution >= 4 is 11.9 Å². The van der Waals surface area contributed by atoms with E-state index >= 15 is 0 Å². The fourth-order valence-corrected chi connectivity index (χ4v) is 6.89. The number of furan rings is 1. The third kappa shape index (κ3) is 2.64. The maximum Gasteiger partial charge on any atom is 0.313 e. The van der Waals surface area contributed by atoms with Crippen LogP contribution in [-0.2, 0) is 25.5 Å². The predicted octanol–water partition coefficient (Wildman–Crippen LogP) is 2.58. The Balaban J connectivity index is 1.93. The second-order valence-corrected chi connectivity index (χ2v) is 10.1. The molecule has 7 unspecified atom stereocenters. The molecule has 2 N–H and O–H groups in total. The van der Waals surface area contributed by atoms with Crippen LogP contribution < -0.4 is 0 Å². The number of carbonyl (C=O) groups excluding carboxylic acids is 2. The first kappa shape index (κ1) is 21.4. The van der Waals surface area contributed by atoms with Gasteiger partial charge in [0, 0.05) is 36.7 Å². The van der Waals surface area contributed by atoms with Gasteiger partial charge in [-0.3, -0.25) is 9.59 Å². The predicted molar refractivity (Wildman–Crippen MR) is 106 cm³/mol. The van der Waals surface area contributed by atoms with Crippen molar-refractivity contribution in [1.29, 1.82) is 0 Å². The van der Waals surface area contributed by atoms with Crippen molar-refractivity contribution in [2.45, 2.75) is 77.1 Å². The number of hydrogen-bond acceptors (Lipinski definition) is 7. The number of esters is 2. The van der Waals surface area contributed by atoms with Crippen LogP contribution in [0.1, 0.15) is 64.2 Å². The standard InChI is InChI=1S/C23H32O7/c1-12(24)30-16-11-23(27)21(2,3)8-6-17(25)22(23,4)14-10-15-13(7-9-29-15)18(19(14)16)20(26)28-5/h7,9,14,16-19,25,27H,6,8,10-11H2,1-5H3. The molecule has 0 radical (unpaired) electrons. The lowest BCUT2D eigenvalue weighted by Gasteiger charge is -2.68. The molecule has 0 aliphatic heterocycles. The molecule has 7 atom stereocenters. The van der Waals surface area contributed by atoms with Gasteiger partial charge in [-0.15, -0.1) is 0 Å². The van der Waals surface area contributed by atoms with E-state index in [2.05, 4.69) is 0 Å². The second kappa shape index (κ2) is 6.82. The Morgan fingerprint density at radius 1 is 1.27 bits per heavy atom. The van der Waals surface area contributed by atoms with Crippen molar-refractivity contribution in [3.8, 4) is 0 Å². The maximum absolute atomic E-state index is 12.9. The minimum atomic E-state index is -1.29. The first-order valence-corrected chi connectivity index (χ1v) is 10.7. The van der Waals surface area contributed by atoms with Gasteiger partial charge in [0.1, 0.15) is 11.9 Å². The van der Waals surface area contributed by atoms with Crippen LogP contribution in [0.4, 0.5) is 0 Å². The zero-order valence-electron chi connectivity index (χ0n) is 18.3. The molecule has 7 nitrogen and oxygen atoms in total. The molecule has 2 saturated carbocycles. The van der Waals surface area contributed by atoms with E-state index in [1.165, 1.54) is 14.0 Å². The SMILES string of the molecule is COC(=O)C1c2ccoc2CC2C1C(OC(C)=O)CC1(O)C(C)(C)CCC(O)C21C. The van der Waals surface area contributed by atoms with Crippen molar-refractivity contribution < 1.29 is 33.7 Å². The maximum atomic E-state index is 12.9. The summed E-state index contributed by atoms with van der Waals surface area (Å²) in [6.07, 6.45) is 1.93. The molecule has 1 heterocycles. The van der Waals surface area contributed by atoms with Crippen molar-refractivity contribution in [3.05, 3.63) is 23.7 Å². The summed E-state index contributed by atoms with van der Waals surface area (Å²) in [5.41, 5.74) is -1.97. The van der Waals surface area contributed by atoms with Gasteiger partial charge in [0.25, 0.3) is 0 Å². The summed E-state index contributed by atoms with van der Waals surface area (Å²) in [6, 6.07) is 1.77. The van der Waals surface area contributed by atoms with E-state index < -0.39 is 52.4 Å². The van der Waals surface area contributed by atoms with Crippen LogP contribution in [-0.4, -0.2) is 47.1 Å². The highest BCUT2D eigenvalue weighted by Crippen LogP contribution is 2.67. The fraction of sp³-hybridized carbons (Fsp3) is 0.739. The Labute approximate surface area is 176 Å². The summed E-state index contributed by atoms with van der Waals surface area (Å²) >= 11 is 0. The highest BCUT2D eigenvalue weighted by molar-refractivity contribution is 5.79. The Hall–Kier alpha value is -1.86. The molecule has 3 aliphatic carbocycles. The van der Waals surface area contributed by atoms with Crippen molar-refractivity contribution in [2.24, 2.45) is 22.7 Å². The summed E-state index contributed by atoms with van der Waals surface area (Å²) in [4.78, 5) is 24.9. The molecule has 4 rings (SSSR count). The number of carbonyl (C=O) groups is 2. The third-order valence-corrected chi connectivity index (χ3v) is 8.58. The lowest BCUT2D eigenvalue weighted by Crippen LogP contribution is -2.74. The molecule has 0 aromatic carbocycles. The molecule has 1 aromatic rings. The largest absolute Gasteiger partial charge is 0.469 e. The molecule has 2 fully saturated rings. The van der Waals surface area contributed by atoms with E-state index in [9.17, 15) is 19.8 Å². The molecule has 7 heteroatoms. The van der Waals surface area contributed by atoms with Crippen LogP contribution in [0.15, 0.2) is 16.7 Å². The summed E-state index contributed by atoms with van der Waals surface area (Å²) in [6.45, 7) is 7.26. The van der Waals surface area contributed by atoms with Gasteiger partial charge in [0.15, 0.2) is 0 Å². The molecular formula is C23H32O7. The highest BCUT2D eigenvalue weighted by atomic mass is 16.5. The van der Waals surface area contributed by atoms with Crippen LogP contribution in [0, 0.1) is 22.7 Å². The summed E-state index contributed by atoms with van der Waals surface area (Å²) in [7, 11) is 1.34. The van der Waals surface area contributed by atoms with Gasteiger partial charge in [-0.2, -0.15) is 0 Å². The van der Waals surface area contributed by atoms with Crippen molar-refractivity contribution in [1.82, 2.24) is 0 Å². The summed E-state index contributed by atoms with van der Waals surface area (Å²) in [5.74, 6) is -1.68. The zero-order valence-corrected chi connectivity index (χ0v) is 18.3. The molecule has 0 bridgehead atoms. The highest BCUT2D eigenvalue weighted by Gasteiger charge is 2.72. The van der Waals surface area contributed by atoms with Gasteiger partial charge in [-0.1, -0.05) is 20.8 Å². The number of ether oxygens (including phenoxy) is 2. The monoisotopic (exact) mass is 420 g/mol. The third-order valence-electron chi connectivity index (χ3n) is 8.58. The quantitative estimate of drug-likeness (QED) is 0.708. The van der Waals surface area contributed by atoms with Gasteiger partial charge >= 0.3 is 11.9 Å². The van der Waals surface area contributed by atoms with Crippen LogP contribution in [0.2, 0.25) is 0 Å². The van der Waals surface area contributed by atoms with Crippen LogP contribution in [0.3, 0.4) is 0 Å². The smallest absolute Gasteiger partial charge is 0.313 e. The molecule has 166 valence electrons. The van der Waals surface area contributed by atoms with Crippen LogP contribution in [0.25, 0.3) is 0 Å². The van der Waals surface area contributed by atoms with Gasteiger partial charge in [-0.05, 0) is 30.2 Å². The van der Waals surface area contributed by atoms with E-state index in [0.29, 0.717) is 25.0 Å². The first-order valence-electron chi connectivity index (χ1n) is 10.7. The van der Waals surface area contributed by atoms with Crippen molar-refractivity contribution in [2.75, 3.05) is 7.11 Å². The van der Waals surface area contributed by atoms with Gasteiger partial charge in [0.05, 0.1) is 31.0 Å². The van der Waals surface area contributed by atoms with Gasteiger partial charge in [0.2, 0.25) is 0 Å². The molecule has 1 aromatic heterocycles. The normalized spacial score (nSPS) is 41.8. The van der Waals surface area contributed by atoms with E-state index in [0.717, 1.165) is 5.56 Å². The van der Waals surface area contributed by atoms with E-state index in [-0.39, 0.29) is 12.3 Å². The number of aliphatic hydroxyl groups excluding tert-OH is 1.